The Labute approximate surface area is 201 Å². The van der Waals surface area contributed by atoms with Gasteiger partial charge in [0.25, 0.3) is 5.56 Å². The largest absolute Gasteiger partial charge is 0.491 e. The van der Waals surface area contributed by atoms with Crippen LogP contribution in [-0.2, 0) is 0 Å². The normalized spacial score (nSPS) is 12.6. The lowest BCUT2D eigenvalue weighted by atomic mass is 10.2. The fraction of sp³-hybridized carbons (Fsp3) is 0.148. The standard InChI is InChI=1S/C27H22ClN3O3/c1-3-17(2)33-21-8-6-7-18(13-21)16-29-31-26(30-23-10-5-4-9-22(23)27(31)32)25-15-19-14-20(28)11-12-24(19)34-25/h4-17H,3H2,1-2H3/t17-/m1/s1. The fourth-order valence-corrected chi connectivity index (χ4v) is 3.80. The molecule has 0 saturated carbocycles. The zero-order valence-electron chi connectivity index (χ0n) is 18.7. The lowest BCUT2D eigenvalue weighted by Crippen LogP contribution is -2.20. The van der Waals surface area contributed by atoms with Gasteiger partial charge < -0.3 is 9.15 Å². The van der Waals surface area contributed by atoms with Gasteiger partial charge in [0, 0.05) is 10.4 Å². The molecule has 0 saturated heterocycles. The number of ether oxygens (including phenoxy) is 1. The van der Waals surface area contributed by atoms with Crippen LogP contribution in [0, 0.1) is 0 Å². The number of aromatic nitrogens is 2. The van der Waals surface area contributed by atoms with E-state index in [1.807, 2.05) is 43.3 Å². The number of nitrogens with zero attached hydrogens (tertiary/aromatic N) is 3. The highest BCUT2D eigenvalue weighted by Crippen LogP contribution is 2.29. The summed E-state index contributed by atoms with van der Waals surface area (Å²) in [6, 6.07) is 21.9. The Bertz CT molecular complexity index is 1590. The predicted octanol–water partition coefficient (Wildman–Crippen LogP) is 6.52. The molecule has 0 fully saturated rings. The third-order valence-electron chi connectivity index (χ3n) is 5.55. The fourth-order valence-electron chi connectivity index (χ4n) is 3.62. The number of benzene rings is 3. The molecule has 34 heavy (non-hydrogen) atoms. The zero-order valence-corrected chi connectivity index (χ0v) is 19.5. The van der Waals surface area contributed by atoms with Gasteiger partial charge in [0.2, 0.25) is 5.82 Å². The first-order valence-electron chi connectivity index (χ1n) is 11.0. The van der Waals surface area contributed by atoms with Gasteiger partial charge in [-0.25, -0.2) is 4.98 Å². The molecule has 0 bridgehead atoms. The molecule has 5 aromatic rings. The third-order valence-corrected chi connectivity index (χ3v) is 5.78. The van der Waals surface area contributed by atoms with Crippen molar-refractivity contribution in [3.63, 3.8) is 0 Å². The molecule has 6 nitrogen and oxygen atoms in total. The zero-order chi connectivity index (χ0) is 23.7. The van der Waals surface area contributed by atoms with E-state index in [2.05, 4.69) is 12.0 Å². The van der Waals surface area contributed by atoms with Crippen molar-refractivity contribution >= 4 is 39.7 Å². The van der Waals surface area contributed by atoms with Crippen molar-refractivity contribution < 1.29 is 9.15 Å². The minimum absolute atomic E-state index is 0.104. The minimum Gasteiger partial charge on any atom is -0.491 e. The number of rotatable bonds is 6. The summed E-state index contributed by atoms with van der Waals surface area (Å²) >= 11 is 6.13. The highest BCUT2D eigenvalue weighted by atomic mass is 35.5. The summed E-state index contributed by atoms with van der Waals surface area (Å²) in [5.74, 6) is 1.47. The minimum atomic E-state index is -0.289. The molecule has 170 valence electrons. The van der Waals surface area contributed by atoms with Gasteiger partial charge in [0.1, 0.15) is 11.3 Å². The first kappa shape index (κ1) is 21.9. The molecule has 0 aliphatic heterocycles. The Morgan fingerprint density at radius 2 is 1.97 bits per heavy atom. The second-order valence-electron chi connectivity index (χ2n) is 8.02. The van der Waals surface area contributed by atoms with E-state index in [0.717, 1.165) is 23.1 Å². The first-order valence-corrected chi connectivity index (χ1v) is 11.4. The van der Waals surface area contributed by atoms with Gasteiger partial charge in [-0.15, -0.1) is 0 Å². The maximum Gasteiger partial charge on any atom is 0.282 e. The quantitative estimate of drug-likeness (QED) is 0.264. The molecule has 2 heterocycles. The molecule has 0 unspecified atom stereocenters. The van der Waals surface area contributed by atoms with Crippen LogP contribution < -0.4 is 10.3 Å². The van der Waals surface area contributed by atoms with Crippen molar-refractivity contribution in [2.45, 2.75) is 26.4 Å². The second kappa shape index (κ2) is 9.15. The molecule has 0 amide bonds. The highest BCUT2D eigenvalue weighted by molar-refractivity contribution is 6.31. The van der Waals surface area contributed by atoms with E-state index in [1.54, 1.807) is 42.6 Å². The van der Waals surface area contributed by atoms with E-state index >= 15 is 0 Å². The van der Waals surface area contributed by atoms with E-state index in [1.165, 1.54) is 4.68 Å². The van der Waals surface area contributed by atoms with Crippen molar-refractivity contribution in [3.8, 4) is 17.3 Å². The van der Waals surface area contributed by atoms with Gasteiger partial charge in [-0.1, -0.05) is 42.8 Å². The average Bonchev–Trinajstić information content (AvgIpc) is 3.26. The molecule has 0 aliphatic carbocycles. The topological polar surface area (TPSA) is 69.6 Å². The average molecular weight is 472 g/mol. The first-order chi connectivity index (χ1) is 16.5. The summed E-state index contributed by atoms with van der Waals surface area (Å²) in [7, 11) is 0. The summed E-state index contributed by atoms with van der Waals surface area (Å²) in [6.07, 6.45) is 2.63. The molecule has 0 N–H and O–H groups in total. The van der Waals surface area contributed by atoms with Crippen LogP contribution in [0.15, 0.2) is 87.1 Å². The SMILES string of the molecule is CC[C@@H](C)Oc1cccc(C=Nn2c(-c3cc4cc(Cl)ccc4o3)nc3ccccc3c2=O)c1. The molecule has 2 aromatic heterocycles. The lowest BCUT2D eigenvalue weighted by molar-refractivity contribution is 0.217. The number of furan rings is 1. The summed E-state index contributed by atoms with van der Waals surface area (Å²) < 4.78 is 13.2. The molecule has 0 radical (unpaired) electrons. The van der Waals surface area contributed by atoms with Crippen LogP contribution in [0.25, 0.3) is 33.5 Å². The van der Waals surface area contributed by atoms with Crippen molar-refractivity contribution in [1.82, 2.24) is 9.66 Å². The Balaban J connectivity index is 1.63. The van der Waals surface area contributed by atoms with Crippen molar-refractivity contribution in [2.75, 3.05) is 0 Å². The molecule has 1 atom stereocenters. The molecular formula is C27H22ClN3O3. The Morgan fingerprint density at radius 3 is 2.82 bits per heavy atom. The van der Waals surface area contributed by atoms with Gasteiger partial charge in [0.15, 0.2) is 5.76 Å². The number of fused-ring (bicyclic) bond motifs is 2. The van der Waals surface area contributed by atoms with Crippen LogP contribution in [0.5, 0.6) is 5.75 Å². The van der Waals surface area contributed by atoms with Gasteiger partial charge in [-0.2, -0.15) is 9.78 Å². The highest BCUT2D eigenvalue weighted by Gasteiger charge is 2.16. The maximum atomic E-state index is 13.4. The van der Waals surface area contributed by atoms with Crippen LogP contribution in [0.2, 0.25) is 5.02 Å². The van der Waals surface area contributed by atoms with E-state index < -0.39 is 0 Å². The van der Waals surface area contributed by atoms with E-state index in [4.69, 9.17) is 25.7 Å². The Kier molecular flexibility index (Phi) is 5.90. The number of halogens is 1. The molecule has 5 rings (SSSR count). The van der Waals surface area contributed by atoms with Gasteiger partial charge >= 0.3 is 0 Å². The summed E-state index contributed by atoms with van der Waals surface area (Å²) in [5.41, 5.74) is 1.72. The van der Waals surface area contributed by atoms with Crippen LogP contribution in [-0.4, -0.2) is 22.0 Å². The van der Waals surface area contributed by atoms with Gasteiger partial charge in [-0.05, 0) is 67.4 Å². The number of hydrogen-bond acceptors (Lipinski definition) is 5. The van der Waals surface area contributed by atoms with Crippen molar-refractivity contribution in [2.24, 2.45) is 5.10 Å². The summed E-state index contributed by atoms with van der Waals surface area (Å²) in [4.78, 5) is 18.1. The van der Waals surface area contributed by atoms with Gasteiger partial charge in [-0.3, -0.25) is 4.79 Å². The smallest absolute Gasteiger partial charge is 0.282 e. The molecule has 0 spiro atoms. The van der Waals surface area contributed by atoms with Gasteiger partial charge in [0.05, 0.1) is 23.2 Å². The molecule has 7 heteroatoms. The van der Waals surface area contributed by atoms with Crippen molar-refractivity contribution in [1.29, 1.82) is 0 Å². The summed E-state index contributed by atoms with van der Waals surface area (Å²) in [5, 5.41) is 6.39. The molecule has 0 aliphatic rings. The number of hydrogen-bond donors (Lipinski definition) is 0. The number of para-hydroxylation sites is 1. The van der Waals surface area contributed by atoms with Crippen LogP contribution in [0.1, 0.15) is 25.8 Å². The van der Waals surface area contributed by atoms with Crippen LogP contribution in [0.3, 0.4) is 0 Å². The van der Waals surface area contributed by atoms with Crippen molar-refractivity contribution in [3.05, 3.63) is 93.7 Å². The Hall–Kier alpha value is -3.90. The van der Waals surface area contributed by atoms with Crippen LogP contribution >= 0.6 is 11.6 Å². The third kappa shape index (κ3) is 4.32. The lowest BCUT2D eigenvalue weighted by Gasteiger charge is -2.12. The van der Waals surface area contributed by atoms with E-state index in [0.29, 0.717) is 33.1 Å². The monoisotopic (exact) mass is 471 g/mol. The molecular weight excluding hydrogens is 450 g/mol. The predicted molar refractivity (Wildman–Crippen MR) is 136 cm³/mol. The molecule has 3 aromatic carbocycles. The van der Waals surface area contributed by atoms with E-state index in [9.17, 15) is 4.79 Å². The van der Waals surface area contributed by atoms with Crippen LogP contribution in [0.4, 0.5) is 0 Å². The second-order valence-corrected chi connectivity index (χ2v) is 8.45. The summed E-state index contributed by atoms with van der Waals surface area (Å²) in [6.45, 7) is 4.09. The Morgan fingerprint density at radius 1 is 1.12 bits per heavy atom. The van der Waals surface area contributed by atoms with E-state index in [-0.39, 0.29) is 11.7 Å². The maximum absolute atomic E-state index is 13.4.